The molecule has 1 saturated heterocycles. The Labute approximate surface area is 90.6 Å². The van der Waals surface area contributed by atoms with E-state index in [-0.39, 0.29) is 11.5 Å². The van der Waals surface area contributed by atoms with Crippen LogP contribution in [0.15, 0.2) is 11.8 Å². The number of nitriles is 1. The molecule has 0 radical (unpaired) electrons. The first-order valence-electron chi connectivity index (χ1n) is 5.42. The second-order valence-corrected chi connectivity index (χ2v) is 3.65. The number of nitrogens with one attached hydrogen (secondary N) is 1. The fourth-order valence-electron chi connectivity index (χ4n) is 1.53. The average molecular weight is 207 g/mol. The topological polar surface area (TPSA) is 56.1 Å². The van der Waals surface area contributed by atoms with Crippen molar-refractivity contribution in [3.63, 3.8) is 0 Å². The lowest BCUT2D eigenvalue weighted by Gasteiger charge is -2.11. The smallest absolute Gasteiger partial charge is 0.263 e. The number of amides is 1. The number of carbonyl (C=O) groups is 1. The average Bonchev–Trinajstić information content (AvgIpc) is 2.75. The Kier molecular flexibility index (Phi) is 4.69. The van der Waals surface area contributed by atoms with Crippen LogP contribution in [0.1, 0.15) is 26.2 Å². The summed E-state index contributed by atoms with van der Waals surface area (Å²) in [7, 11) is 0. The molecule has 1 amide bonds. The van der Waals surface area contributed by atoms with Crippen LogP contribution < -0.4 is 5.32 Å². The Hall–Kier alpha value is -1.50. The molecule has 82 valence electrons. The van der Waals surface area contributed by atoms with Crippen molar-refractivity contribution in [1.29, 1.82) is 5.26 Å². The van der Waals surface area contributed by atoms with Gasteiger partial charge in [0.2, 0.25) is 0 Å². The first-order valence-corrected chi connectivity index (χ1v) is 5.42. The van der Waals surface area contributed by atoms with E-state index < -0.39 is 0 Å². The highest BCUT2D eigenvalue weighted by Gasteiger charge is 2.13. The van der Waals surface area contributed by atoms with E-state index in [1.165, 1.54) is 0 Å². The van der Waals surface area contributed by atoms with E-state index in [1.807, 2.05) is 17.9 Å². The van der Waals surface area contributed by atoms with Crippen molar-refractivity contribution in [2.45, 2.75) is 26.2 Å². The number of rotatable bonds is 4. The molecule has 4 nitrogen and oxygen atoms in total. The van der Waals surface area contributed by atoms with Crippen LogP contribution in [0, 0.1) is 11.3 Å². The van der Waals surface area contributed by atoms with Gasteiger partial charge in [-0.15, -0.1) is 0 Å². The molecule has 0 aromatic heterocycles. The van der Waals surface area contributed by atoms with Crippen LogP contribution in [0.4, 0.5) is 0 Å². The summed E-state index contributed by atoms with van der Waals surface area (Å²) in [5, 5.41) is 11.6. The fraction of sp³-hybridized carbons (Fsp3) is 0.636. The van der Waals surface area contributed by atoms with Crippen LogP contribution in [0.25, 0.3) is 0 Å². The van der Waals surface area contributed by atoms with Gasteiger partial charge in [-0.2, -0.15) is 5.26 Å². The molecular weight excluding hydrogens is 190 g/mol. The molecular formula is C11H17N3O. The van der Waals surface area contributed by atoms with E-state index in [9.17, 15) is 4.79 Å². The summed E-state index contributed by atoms with van der Waals surface area (Å²) in [5.41, 5.74) is 0.213. The van der Waals surface area contributed by atoms with Crippen LogP contribution in [-0.2, 0) is 4.79 Å². The molecule has 0 spiro atoms. The van der Waals surface area contributed by atoms with Crippen LogP contribution in [0.2, 0.25) is 0 Å². The van der Waals surface area contributed by atoms with Crippen molar-refractivity contribution in [2.24, 2.45) is 0 Å². The maximum atomic E-state index is 11.5. The predicted octanol–water partition coefficient (Wildman–Crippen LogP) is 1.02. The molecule has 1 rings (SSSR count). The van der Waals surface area contributed by atoms with Crippen LogP contribution >= 0.6 is 0 Å². The molecule has 15 heavy (non-hydrogen) atoms. The Morgan fingerprint density at radius 1 is 1.53 bits per heavy atom. The molecule has 4 heteroatoms. The van der Waals surface area contributed by atoms with Crippen LogP contribution in [-0.4, -0.2) is 30.4 Å². The second-order valence-electron chi connectivity index (χ2n) is 3.65. The predicted molar refractivity (Wildman–Crippen MR) is 57.8 cm³/mol. The van der Waals surface area contributed by atoms with Crippen molar-refractivity contribution < 1.29 is 4.79 Å². The summed E-state index contributed by atoms with van der Waals surface area (Å²) in [6.45, 7) is 4.51. The van der Waals surface area contributed by atoms with Gasteiger partial charge in [-0.05, 0) is 19.3 Å². The van der Waals surface area contributed by atoms with E-state index in [0.717, 1.165) is 32.4 Å². The molecule has 1 fully saturated rings. The van der Waals surface area contributed by atoms with Crippen molar-refractivity contribution >= 4 is 5.91 Å². The molecule has 0 aromatic carbocycles. The number of hydrogen-bond acceptors (Lipinski definition) is 3. The third-order valence-corrected chi connectivity index (χ3v) is 2.35. The van der Waals surface area contributed by atoms with Crippen molar-refractivity contribution in [1.82, 2.24) is 10.2 Å². The number of nitrogens with zero attached hydrogens (tertiary/aromatic N) is 2. The van der Waals surface area contributed by atoms with Crippen LogP contribution in [0.3, 0.4) is 0 Å². The molecule has 0 aliphatic carbocycles. The molecule has 0 aromatic rings. The summed E-state index contributed by atoms with van der Waals surface area (Å²) >= 11 is 0. The summed E-state index contributed by atoms with van der Waals surface area (Å²) in [6, 6.07) is 1.95. The monoisotopic (exact) mass is 207 g/mol. The minimum absolute atomic E-state index is 0.213. The SMILES string of the molecule is CCCNC(=O)/C(C#N)=C\N1CCCC1. The van der Waals surface area contributed by atoms with Gasteiger partial charge >= 0.3 is 0 Å². The Morgan fingerprint density at radius 2 is 2.20 bits per heavy atom. The molecule has 1 aliphatic rings. The lowest BCUT2D eigenvalue weighted by molar-refractivity contribution is -0.117. The highest BCUT2D eigenvalue weighted by atomic mass is 16.1. The Morgan fingerprint density at radius 3 is 2.73 bits per heavy atom. The quantitative estimate of drug-likeness (QED) is 0.553. The first-order chi connectivity index (χ1) is 7.27. The van der Waals surface area contributed by atoms with Gasteiger partial charge in [-0.1, -0.05) is 6.92 Å². The highest BCUT2D eigenvalue weighted by molar-refractivity contribution is 5.97. The van der Waals surface area contributed by atoms with Gasteiger partial charge in [0.05, 0.1) is 0 Å². The van der Waals surface area contributed by atoms with Gasteiger partial charge < -0.3 is 10.2 Å². The zero-order valence-electron chi connectivity index (χ0n) is 9.12. The maximum absolute atomic E-state index is 11.5. The van der Waals surface area contributed by atoms with Gasteiger partial charge in [-0.3, -0.25) is 4.79 Å². The Bertz CT molecular complexity index is 285. The normalized spacial score (nSPS) is 16.3. The minimum Gasteiger partial charge on any atom is -0.376 e. The second kappa shape index (κ2) is 6.07. The van der Waals surface area contributed by atoms with Gasteiger partial charge in [0.25, 0.3) is 5.91 Å². The van der Waals surface area contributed by atoms with E-state index in [2.05, 4.69) is 5.32 Å². The number of likely N-dealkylation sites (tertiary alicyclic amines) is 1. The van der Waals surface area contributed by atoms with Crippen molar-refractivity contribution in [2.75, 3.05) is 19.6 Å². The number of carbonyl (C=O) groups excluding carboxylic acids is 1. The van der Waals surface area contributed by atoms with E-state index in [1.54, 1.807) is 6.20 Å². The van der Waals surface area contributed by atoms with E-state index in [4.69, 9.17) is 5.26 Å². The van der Waals surface area contributed by atoms with E-state index in [0.29, 0.717) is 6.54 Å². The molecule has 1 heterocycles. The lowest BCUT2D eigenvalue weighted by Crippen LogP contribution is -2.26. The maximum Gasteiger partial charge on any atom is 0.263 e. The molecule has 0 atom stereocenters. The van der Waals surface area contributed by atoms with Gasteiger partial charge in [0.15, 0.2) is 0 Å². The molecule has 1 aliphatic heterocycles. The molecule has 0 unspecified atom stereocenters. The highest BCUT2D eigenvalue weighted by Crippen LogP contribution is 2.09. The summed E-state index contributed by atoms with van der Waals surface area (Å²) in [4.78, 5) is 13.5. The lowest BCUT2D eigenvalue weighted by atomic mass is 10.3. The van der Waals surface area contributed by atoms with E-state index >= 15 is 0 Å². The Balaban J connectivity index is 2.53. The zero-order valence-corrected chi connectivity index (χ0v) is 9.12. The molecule has 0 saturated carbocycles. The first kappa shape index (κ1) is 11.6. The summed E-state index contributed by atoms with van der Waals surface area (Å²) in [5.74, 6) is -0.258. The summed E-state index contributed by atoms with van der Waals surface area (Å²) in [6.07, 6.45) is 4.85. The summed E-state index contributed by atoms with van der Waals surface area (Å²) < 4.78 is 0. The molecule has 0 bridgehead atoms. The van der Waals surface area contributed by atoms with Crippen molar-refractivity contribution in [3.05, 3.63) is 11.8 Å². The number of hydrogen-bond donors (Lipinski definition) is 1. The van der Waals surface area contributed by atoms with Gasteiger partial charge in [0.1, 0.15) is 11.6 Å². The van der Waals surface area contributed by atoms with Crippen LogP contribution in [0.5, 0.6) is 0 Å². The third kappa shape index (κ3) is 3.62. The standard InChI is InChI=1S/C11H17N3O/c1-2-5-13-11(15)10(8-12)9-14-6-3-4-7-14/h9H,2-7H2,1H3,(H,13,15)/b10-9-. The minimum atomic E-state index is -0.258. The largest absolute Gasteiger partial charge is 0.376 e. The molecule has 1 N–H and O–H groups in total. The van der Waals surface area contributed by atoms with Gasteiger partial charge in [0, 0.05) is 25.8 Å². The van der Waals surface area contributed by atoms with Gasteiger partial charge in [-0.25, -0.2) is 0 Å². The van der Waals surface area contributed by atoms with Crippen molar-refractivity contribution in [3.8, 4) is 6.07 Å². The third-order valence-electron chi connectivity index (χ3n) is 2.35. The fourth-order valence-corrected chi connectivity index (χ4v) is 1.53. The zero-order chi connectivity index (χ0) is 11.1.